The Balaban J connectivity index is 2.61. The zero-order valence-electron chi connectivity index (χ0n) is 8.19. The number of amides is 1. The fourth-order valence-electron chi connectivity index (χ4n) is 1.09. The van der Waals surface area contributed by atoms with Crippen molar-refractivity contribution in [3.8, 4) is 0 Å². The second-order valence-electron chi connectivity index (χ2n) is 3.16. The molecule has 1 amide bonds. The maximum Gasteiger partial charge on any atom is 0.226 e. The SMILES string of the molecule is CC(=O)NCC(O)C1=CC(=O)C(=O)C=C1. The van der Waals surface area contributed by atoms with Crippen LogP contribution in [0, 0.1) is 0 Å². The predicted molar refractivity (Wildman–Crippen MR) is 51.9 cm³/mol. The van der Waals surface area contributed by atoms with E-state index in [1.807, 2.05) is 0 Å². The van der Waals surface area contributed by atoms with Gasteiger partial charge in [-0.1, -0.05) is 6.08 Å². The van der Waals surface area contributed by atoms with Crippen molar-refractivity contribution in [2.45, 2.75) is 13.0 Å². The van der Waals surface area contributed by atoms with Crippen LogP contribution in [0.1, 0.15) is 6.92 Å². The molecule has 0 saturated carbocycles. The first-order valence-corrected chi connectivity index (χ1v) is 4.41. The first kappa shape index (κ1) is 11.3. The Morgan fingerprint density at radius 1 is 1.40 bits per heavy atom. The lowest BCUT2D eigenvalue weighted by molar-refractivity contribution is -0.131. The van der Waals surface area contributed by atoms with Gasteiger partial charge < -0.3 is 10.4 Å². The van der Waals surface area contributed by atoms with Crippen molar-refractivity contribution in [2.75, 3.05) is 6.54 Å². The molecule has 0 aromatic heterocycles. The Morgan fingerprint density at radius 3 is 2.60 bits per heavy atom. The molecule has 1 atom stereocenters. The number of carbonyl (C=O) groups is 3. The minimum absolute atomic E-state index is 0.0208. The van der Waals surface area contributed by atoms with E-state index in [9.17, 15) is 19.5 Å². The molecule has 5 nitrogen and oxygen atoms in total. The van der Waals surface area contributed by atoms with Crippen LogP contribution in [-0.2, 0) is 14.4 Å². The van der Waals surface area contributed by atoms with Crippen LogP contribution in [0.15, 0.2) is 23.8 Å². The summed E-state index contributed by atoms with van der Waals surface area (Å²) in [5, 5.41) is 11.9. The van der Waals surface area contributed by atoms with E-state index in [4.69, 9.17) is 0 Å². The highest BCUT2D eigenvalue weighted by atomic mass is 16.3. The third kappa shape index (κ3) is 3.14. The topological polar surface area (TPSA) is 83.5 Å². The molecule has 0 aliphatic heterocycles. The van der Waals surface area contributed by atoms with Crippen molar-refractivity contribution >= 4 is 17.5 Å². The van der Waals surface area contributed by atoms with E-state index >= 15 is 0 Å². The van der Waals surface area contributed by atoms with Gasteiger partial charge in [0.05, 0.1) is 6.10 Å². The van der Waals surface area contributed by atoms with E-state index in [0.717, 1.165) is 12.2 Å². The number of rotatable bonds is 3. The van der Waals surface area contributed by atoms with Gasteiger partial charge in [-0.15, -0.1) is 0 Å². The maximum absolute atomic E-state index is 11.0. The highest BCUT2D eigenvalue weighted by Gasteiger charge is 2.18. The highest BCUT2D eigenvalue weighted by Crippen LogP contribution is 2.09. The number of carbonyl (C=O) groups excluding carboxylic acids is 3. The summed E-state index contributed by atoms with van der Waals surface area (Å²) in [4.78, 5) is 32.3. The lowest BCUT2D eigenvalue weighted by Crippen LogP contribution is -2.32. The lowest BCUT2D eigenvalue weighted by atomic mass is 10.0. The van der Waals surface area contributed by atoms with Gasteiger partial charge in [-0.05, 0) is 17.7 Å². The molecule has 80 valence electrons. The summed E-state index contributed by atoms with van der Waals surface area (Å²) < 4.78 is 0. The molecule has 0 spiro atoms. The Bertz CT molecular complexity index is 368. The van der Waals surface area contributed by atoms with Crippen LogP contribution in [0.3, 0.4) is 0 Å². The number of aliphatic hydroxyl groups excluding tert-OH is 1. The van der Waals surface area contributed by atoms with Crippen LogP contribution in [0.4, 0.5) is 0 Å². The van der Waals surface area contributed by atoms with Crippen LogP contribution in [0.5, 0.6) is 0 Å². The van der Waals surface area contributed by atoms with Gasteiger partial charge in [-0.3, -0.25) is 14.4 Å². The van der Waals surface area contributed by atoms with Crippen molar-refractivity contribution in [3.05, 3.63) is 23.8 Å². The van der Waals surface area contributed by atoms with E-state index < -0.39 is 17.7 Å². The number of aliphatic hydroxyl groups is 1. The van der Waals surface area contributed by atoms with E-state index in [1.54, 1.807) is 0 Å². The van der Waals surface area contributed by atoms with Crippen molar-refractivity contribution in [2.24, 2.45) is 0 Å². The molecule has 0 bridgehead atoms. The third-order valence-electron chi connectivity index (χ3n) is 1.90. The van der Waals surface area contributed by atoms with E-state index in [1.165, 1.54) is 13.0 Å². The molecule has 1 aliphatic carbocycles. The highest BCUT2D eigenvalue weighted by molar-refractivity contribution is 6.46. The van der Waals surface area contributed by atoms with Crippen LogP contribution in [0.25, 0.3) is 0 Å². The van der Waals surface area contributed by atoms with E-state index in [0.29, 0.717) is 5.57 Å². The largest absolute Gasteiger partial charge is 0.387 e. The second kappa shape index (κ2) is 4.65. The smallest absolute Gasteiger partial charge is 0.226 e. The molecule has 1 aliphatic rings. The second-order valence-corrected chi connectivity index (χ2v) is 3.16. The Morgan fingerprint density at radius 2 is 2.07 bits per heavy atom. The molecule has 0 aromatic carbocycles. The summed E-state index contributed by atoms with van der Waals surface area (Å²) >= 11 is 0. The van der Waals surface area contributed by atoms with Crippen LogP contribution in [0.2, 0.25) is 0 Å². The average Bonchev–Trinajstić information content (AvgIpc) is 2.18. The van der Waals surface area contributed by atoms with Gasteiger partial charge in [0.25, 0.3) is 0 Å². The molecule has 0 heterocycles. The van der Waals surface area contributed by atoms with E-state index in [2.05, 4.69) is 5.32 Å². The fourth-order valence-corrected chi connectivity index (χ4v) is 1.09. The lowest BCUT2D eigenvalue weighted by Gasteiger charge is -2.13. The minimum Gasteiger partial charge on any atom is -0.387 e. The van der Waals surface area contributed by atoms with Crippen LogP contribution >= 0.6 is 0 Å². The number of hydrogen-bond donors (Lipinski definition) is 2. The molecule has 0 saturated heterocycles. The zero-order chi connectivity index (χ0) is 11.4. The third-order valence-corrected chi connectivity index (χ3v) is 1.90. The first-order valence-electron chi connectivity index (χ1n) is 4.41. The zero-order valence-corrected chi connectivity index (χ0v) is 8.19. The Hall–Kier alpha value is -1.75. The molecular weight excluding hydrogens is 198 g/mol. The molecule has 1 unspecified atom stereocenters. The van der Waals surface area contributed by atoms with Gasteiger partial charge in [0.15, 0.2) is 0 Å². The number of ketones is 2. The monoisotopic (exact) mass is 209 g/mol. The van der Waals surface area contributed by atoms with Crippen LogP contribution in [-0.4, -0.2) is 35.2 Å². The molecule has 15 heavy (non-hydrogen) atoms. The number of hydrogen-bond acceptors (Lipinski definition) is 4. The Kier molecular flexibility index (Phi) is 3.51. The summed E-state index contributed by atoms with van der Waals surface area (Å²) in [6.45, 7) is 1.35. The summed E-state index contributed by atoms with van der Waals surface area (Å²) in [6.07, 6.45) is 2.59. The van der Waals surface area contributed by atoms with Gasteiger partial charge in [-0.2, -0.15) is 0 Å². The van der Waals surface area contributed by atoms with Crippen molar-refractivity contribution in [1.29, 1.82) is 0 Å². The summed E-state index contributed by atoms with van der Waals surface area (Å²) in [5.41, 5.74) is 0.327. The molecule has 0 radical (unpaired) electrons. The van der Waals surface area contributed by atoms with E-state index in [-0.39, 0.29) is 12.5 Å². The molecule has 1 rings (SSSR count). The molecule has 2 N–H and O–H groups in total. The number of nitrogens with one attached hydrogen (secondary N) is 1. The standard InChI is InChI=1S/C10H11NO4/c1-6(12)11-5-10(15)7-2-3-8(13)9(14)4-7/h2-4,10,15H,5H2,1H3,(H,11,12). The summed E-state index contributed by atoms with van der Waals surface area (Å²) in [6, 6.07) is 0. The quantitative estimate of drug-likeness (QED) is 0.467. The van der Waals surface area contributed by atoms with Crippen LogP contribution < -0.4 is 5.32 Å². The average molecular weight is 209 g/mol. The fraction of sp³-hybridized carbons (Fsp3) is 0.300. The molecular formula is C10H11NO4. The number of allylic oxidation sites excluding steroid dienone is 2. The normalized spacial score (nSPS) is 17.3. The summed E-state index contributed by atoms with van der Waals surface area (Å²) in [7, 11) is 0. The predicted octanol–water partition coefficient (Wildman–Crippen LogP) is -0.882. The van der Waals surface area contributed by atoms with Gasteiger partial charge in [-0.25, -0.2) is 0 Å². The Labute approximate surface area is 86.5 Å². The van der Waals surface area contributed by atoms with Crippen molar-refractivity contribution in [1.82, 2.24) is 5.32 Å². The summed E-state index contributed by atoms with van der Waals surface area (Å²) in [5.74, 6) is -1.53. The molecule has 5 heteroatoms. The molecule has 0 aromatic rings. The van der Waals surface area contributed by atoms with Gasteiger partial charge >= 0.3 is 0 Å². The van der Waals surface area contributed by atoms with Gasteiger partial charge in [0, 0.05) is 13.5 Å². The first-order chi connectivity index (χ1) is 7.00. The van der Waals surface area contributed by atoms with Gasteiger partial charge in [0.1, 0.15) is 0 Å². The van der Waals surface area contributed by atoms with Crippen molar-refractivity contribution in [3.63, 3.8) is 0 Å². The van der Waals surface area contributed by atoms with Gasteiger partial charge in [0.2, 0.25) is 17.5 Å². The minimum atomic E-state index is -0.970. The maximum atomic E-state index is 11.0. The molecule has 0 fully saturated rings. The van der Waals surface area contributed by atoms with Crippen molar-refractivity contribution < 1.29 is 19.5 Å².